The van der Waals surface area contributed by atoms with Gasteiger partial charge in [0.2, 0.25) is 0 Å². The van der Waals surface area contributed by atoms with Crippen LogP contribution in [0.15, 0.2) is 12.1 Å². The van der Waals surface area contributed by atoms with Crippen LogP contribution in [-0.4, -0.2) is 18.2 Å². The number of carboxylic acid groups (broad SMARTS) is 1. The number of alkyl halides is 1. The van der Waals surface area contributed by atoms with E-state index < -0.39 is 23.4 Å². The summed E-state index contributed by atoms with van der Waals surface area (Å²) in [4.78, 5) is 11.1. The molecule has 1 aromatic carbocycles. The summed E-state index contributed by atoms with van der Waals surface area (Å²) in [6.45, 7) is 4.35. The van der Waals surface area contributed by atoms with Gasteiger partial charge in [0.05, 0.1) is 12.5 Å². The lowest BCUT2D eigenvalue weighted by molar-refractivity contribution is -0.146. The Labute approximate surface area is 111 Å². The molecule has 19 heavy (non-hydrogen) atoms. The first-order valence-electron chi connectivity index (χ1n) is 5.93. The third kappa shape index (κ3) is 3.43. The van der Waals surface area contributed by atoms with Gasteiger partial charge in [-0.1, -0.05) is 0 Å². The molecule has 0 aromatic heterocycles. The van der Waals surface area contributed by atoms with E-state index in [0.717, 1.165) is 6.07 Å². The van der Waals surface area contributed by atoms with Crippen LogP contribution in [0.1, 0.15) is 38.1 Å². The van der Waals surface area contributed by atoms with Crippen molar-refractivity contribution in [1.82, 2.24) is 0 Å². The van der Waals surface area contributed by atoms with Gasteiger partial charge in [0, 0.05) is 0 Å². The van der Waals surface area contributed by atoms with Crippen molar-refractivity contribution in [3.05, 3.63) is 29.1 Å². The standard InChI is InChI=1S/C14H18F2O3/c1-8(15)9-5-10(7-14(2,3)13(17)18)12(19-4)11(16)6-9/h5-6,8H,7H2,1-4H3,(H,17,18). The summed E-state index contributed by atoms with van der Waals surface area (Å²) in [6, 6.07) is 2.53. The molecule has 1 rings (SSSR count). The van der Waals surface area contributed by atoms with E-state index in [-0.39, 0.29) is 17.7 Å². The van der Waals surface area contributed by atoms with Crippen LogP contribution >= 0.6 is 0 Å². The van der Waals surface area contributed by atoms with Crippen LogP contribution < -0.4 is 4.74 Å². The molecular weight excluding hydrogens is 254 g/mol. The summed E-state index contributed by atoms with van der Waals surface area (Å²) in [5.74, 6) is -1.71. The van der Waals surface area contributed by atoms with E-state index in [1.165, 1.54) is 33.9 Å². The van der Waals surface area contributed by atoms with Gasteiger partial charge in [-0.3, -0.25) is 4.79 Å². The third-order valence-corrected chi connectivity index (χ3v) is 3.02. The van der Waals surface area contributed by atoms with Crippen molar-refractivity contribution < 1.29 is 23.4 Å². The summed E-state index contributed by atoms with van der Waals surface area (Å²) < 4.78 is 32.1. The van der Waals surface area contributed by atoms with Crippen molar-refractivity contribution in [3.63, 3.8) is 0 Å². The minimum absolute atomic E-state index is 0.0290. The molecule has 0 radical (unpaired) electrons. The average molecular weight is 272 g/mol. The molecule has 5 heteroatoms. The number of carboxylic acids is 1. The molecule has 106 valence electrons. The normalized spacial score (nSPS) is 13.2. The number of carbonyl (C=O) groups is 1. The monoisotopic (exact) mass is 272 g/mol. The second-order valence-electron chi connectivity index (χ2n) is 5.18. The minimum atomic E-state index is -1.33. The summed E-state index contributed by atoms with van der Waals surface area (Å²) >= 11 is 0. The fourth-order valence-corrected chi connectivity index (χ4v) is 1.81. The highest BCUT2D eigenvalue weighted by Crippen LogP contribution is 2.33. The van der Waals surface area contributed by atoms with E-state index in [1.807, 2.05) is 0 Å². The fraction of sp³-hybridized carbons (Fsp3) is 0.500. The minimum Gasteiger partial charge on any atom is -0.493 e. The van der Waals surface area contributed by atoms with Gasteiger partial charge in [-0.05, 0) is 50.5 Å². The molecule has 1 N–H and O–H groups in total. The first kappa shape index (κ1) is 15.4. The Bertz CT molecular complexity index is 482. The van der Waals surface area contributed by atoms with Crippen LogP contribution in [0.2, 0.25) is 0 Å². The van der Waals surface area contributed by atoms with Gasteiger partial charge in [-0.25, -0.2) is 8.78 Å². The average Bonchev–Trinajstić information content (AvgIpc) is 2.27. The lowest BCUT2D eigenvalue weighted by atomic mass is 9.85. The number of benzene rings is 1. The molecule has 0 aliphatic carbocycles. The van der Waals surface area contributed by atoms with E-state index in [4.69, 9.17) is 9.84 Å². The van der Waals surface area contributed by atoms with Gasteiger partial charge in [-0.15, -0.1) is 0 Å². The molecule has 3 nitrogen and oxygen atoms in total. The van der Waals surface area contributed by atoms with Gasteiger partial charge in [-0.2, -0.15) is 0 Å². The predicted octanol–water partition coefficient (Wildman–Crippen LogP) is 3.52. The van der Waals surface area contributed by atoms with Crippen LogP contribution in [0.25, 0.3) is 0 Å². The Morgan fingerprint density at radius 1 is 1.47 bits per heavy atom. The van der Waals surface area contributed by atoms with Crippen molar-refractivity contribution in [2.24, 2.45) is 5.41 Å². The lowest BCUT2D eigenvalue weighted by Gasteiger charge is -2.21. The van der Waals surface area contributed by atoms with Crippen LogP contribution in [-0.2, 0) is 11.2 Å². The molecule has 0 heterocycles. The van der Waals surface area contributed by atoms with E-state index in [1.54, 1.807) is 0 Å². The molecule has 0 saturated heterocycles. The van der Waals surface area contributed by atoms with Gasteiger partial charge in [0.25, 0.3) is 0 Å². The molecular formula is C14H18F2O3. The number of methoxy groups -OCH3 is 1. The molecule has 0 aliphatic heterocycles. The second kappa shape index (κ2) is 5.55. The van der Waals surface area contributed by atoms with Crippen molar-refractivity contribution in [2.45, 2.75) is 33.4 Å². The molecule has 0 amide bonds. The number of ether oxygens (including phenoxy) is 1. The lowest BCUT2D eigenvalue weighted by Crippen LogP contribution is -2.26. The highest BCUT2D eigenvalue weighted by atomic mass is 19.1. The van der Waals surface area contributed by atoms with Crippen LogP contribution in [0.3, 0.4) is 0 Å². The van der Waals surface area contributed by atoms with Gasteiger partial charge < -0.3 is 9.84 Å². The van der Waals surface area contributed by atoms with Gasteiger partial charge in [0.1, 0.15) is 6.17 Å². The SMILES string of the molecule is COc1c(F)cc(C(C)F)cc1CC(C)(C)C(=O)O. The van der Waals surface area contributed by atoms with Crippen molar-refractivity contribution in [1.29, 1.82) is 0 Å². The van der Waals surface area contributed by atoms with Crippen molar-refractivity contribution >= 4 is 5.97 Å². The Hall–Kier alpha value is -1.65. The number of halogens is 2. The van der Waals surface area contributed by atoms with E-state index in [2.05, 4.69) is 0 Å². The molecule has 1 aromatic rings. The largest absolute Gasteiger partial charge is 0.493 e. The summed E-state index contributed by atoms with van der Waals surface area (Å²) in [5.41, 5.74) is -0.554. The molecule has 0 saturated carbocycles. The maximum absolute atomic E-state index is 13.8. The molecule has 0 spiro atoms. The predicted molar refractivity (Wildman–Crippen MR) is 67.6 cm³/mol. The van der Waals surface area contributed by atoms with Crippen molar-refractivity contribution in [3.8, 4) is 5.75 Å². The Kier molecular flexibility index (Phi) is 4.50. The number of aliphatic carboxylic acids is 1. The van der Waals surface area contributed by atoms with Crippen LogP contribution in [0, 0.1) is 11.2 Å². The second-order valence-corrected chi connectivity index (χ2v) is 5.18. The van der Waals surface area contributed by atoms with Gasteiger partial charge in [0.15, 0.2) is 11.6 Å². The first-order valence-corrected chi connectivity index (χ1v) is 5.93. The van der Waals surface area contributed by atoms with Gasteiger partial charge >= 0.3 is 5.97 Å². The number of hydrogen-bond acceptors (Lipinski definition) is 2. The smallest absolute Gasteiger partial charge is 0.309 e. The zero-order chi connectivity index (χ0) is 14.8. The molecule has 0 fully saturated rings. The Morgan fingerprint density at radius 2 is 2.05 bits per heavy atom. The first-order chi connectivity index (χ1) is 8.69. The van der Waals surface area contributed by atoms with E-state index in [0.29, 0.717) is 5.56 Å². The van der Waals surface area contributed by atoms with Crippen LogP contribution in [0.5, 0.6) is 5.75 Å². The Balaban J connectivity index is 3.28. The Morgan fingerprint density at radius 3 is 2.47 bits per heavy atom. The quantitative estimate of drug-likeness (QED) is 0.892. The zero-order valence-corrected chi connectivity index (χ0v) is 11.5. The number of hydrogen-bond donors (Lipinski definition) is 1. The highest BCUT2D eigenvalue weighted by Gasteiger charge is 2.30. The molecule has 0 bridgehead atoms. The summed E-state index contributed by atoms with van der Waals surface area (Å²) in [5, 5.41) is 9.11. The summed E-state index contributed by atoms with van der Waals surface area (Å²) in [6.07, 6.45) is -1.27. The number of rotatable bonds is 5. The molecule has 1 atom stereocenters. The fourth-order valence-electron chi connectivity index (χ4n) is 1.81. The van der Waals surface area contributed by atoms with Crippen molar-refractivity contribution in [2.75, 3.05) is 7.11 Å². The van der Waals surface area contributed by atoms with Crippen LogP contribution in [0.4, 0.5) is 8.78 Å². The highest BCUT2D eigenvalue weighted by molar-refractivity contribution is 5.74. The summed E-state index contributed by atoms with van der Waals surface area (Å²) in [7, 11) is 1.30. The van der Waals surface area contributed by atoms with E-state index in [9.17, 15) is 13.6 Å². The topological polar surface area (TPSA) is 46.5 Å². The molecule has 1 unspecified atom stereocenters. The maximum atomic E-state index is 13.8. The zero-order valence-electron chi connectivity index (χ0n) is 11.5. The van der Waals surface area contributed by atoms with E-state index >= 15 is 0 Å². The third-order valence-electron chi connectivity index (χ3n) is 3.02. The molecule has 0 aliphatic rings. The maximum Gasteiger partial charge on any atom is 0.309 e.